The second-order valence-corrected chi connectivity index (χ2v) is 5.47. The van der Waals surface area contributed by atoms with Gasteiger partial charge in [0.1, 0.15) is 0 Å². The van der Waals surface area contributed by atoms with Gasteiger partial charge in [-0.05, 0) is 43.3 Å². The molecule has 3 heteroatoms. The number of para-hydroxylation sites is 1. The molecule has 2 aromatic carbocycles. The highest BCUT2D eigenvalue weighted by Gasteiger charge is 2.06. The normalized spacial score (nSPS) is 10.2. The standard InChI is InChI=1S/C17H20N2S/c1-13-8-10-15(11-9-13)12-19(3)17(20)18-16-7-5-4-6-14(16)2/h4-11H,12H2,1-3H3,(H,18,20). The van der Waals surface area contributed by atoms with Gasteiger partial charge in [0.05, 0.1) is 0 Å². The topological polar surface area (TPSA) is 15.3 Å². The number of benzene rings is 2. The van der Waals surface area contributed by atoms with Crippen molar-refractivity contribution in [3.05, 3.63) is 65.2 Å². The smallest absolute Gasteiger partial charge is 0.173 e. The van der Waals surface area contributed by atoms with Gasteiger partial charge in [0.25, 0.3) is 0 Å². The summed E-state index contributed by atoms with van der Waals surface area (Å²) in [5.41, 5.74) is 4.79. The average Bonchev–Trinajstić information content (AvgIpc) is 2.44. The second kappa shape index (κ2) is 6.53. The largest absolute Gasteiger partial charge is 0.348 e. The summed E-state index contributed by atoms with van der Waals surface area (Å²) >= 11 is 5.46. The molecule has 0 saturated heterocycles. The first-order valence-corrected chi connectivity index (χ1v) is 7.10. The summed E-state index contributed by atoms with van der Waals surface area (Å²) in [6.07, 6.45) is 0. The van der Waals surface area contributed by atoms with Gasteiger partial charge < -0.3 is 10.2 Å². The van der Waals surface area contributed by atoms with Crippen molar-refractivity contribution in [2.75, 3.05) is 12.4 Å². The van der Waals surface area contributed by atoms with Gasteiger partial charge in [0, 0.05) is 19.3 Å². The Labute approximate surface area is 126 Å². The van der Waals surface area contributed by atoms with E-state index in [-0.39, 0.29) is 0 Å². The Bertz CT molecular complexity index is 590. The highest BCUT2D eigenvalue weighted by atomic mass is 32.1. The van der Waals surface area contributed by atoms with Crippen LogP contribution in [0.4, 0.5) is 5.69 Å². The van der Waals surface area contributed by atoms with Crippen molar-refractivity contribution in [1.29, 1.82) is 0 Å². The quantitative estimate of drug-likeness (QED) is 0.853. The van der Waals surface area contributed by atoms with Crippen LogP contribution >= 0.6 is 12.2 Å². The van der Waals surface area contributed by atoms with Crippen molar-refractivity contribution in [2.24, 2.45) is 0 Å². The lowest BCUT2D eigenvalue weighted by Gasteiger charge is -2.22. The van der Waals surface area contributed by atoms with Crippen molar-refractivity contribution in [2.45, 2.75) is 20.4 Å². The first-order valence-electron chi connectivity index (χ1n) is 6.69. The van der Waals surface area contributed by atoms with Crippen molar-refractivity contribution < 1.29 is 0 Å². The highest BCUT2D eigenvalue weighted by Crippen LogP contribution is 2.14. The number of rotatable bonds is 3. The van der Waals surface area contributed by atoms with Gasteiger partial charge in [-0.15, -0.1) is 0 Å². The van der Waals surface area contributed by atoms with Crippen LogP contribution in [0.25, 0.3) is 0 Å². The van der Waals surface area contributed by atoms with Crippen molar-refractivity contribution >= 4 is 23.0 Å². The monoisotopic (exact) mass is 284 g/mol. The van der Waals surface area contributed by atoms with Crippen LogP contribution in [0.3, 0.4) is 0 Å². The second-order valence-electron chi connectivity index (χ2n) is 5.09. The van der Waals surface area contributed by atoms with E-state index in [1.165, 1.54) is 16.7 Å². The van der Waals surface area contributed by atoms with Crippen LogP contribution in [-0.4, -0.2) is 17.1 Å². The van der Waals surface area contributed by atoms with E-state index < -0.39 is 0 Å². The summed E-state index contributed by atoms with van der Waals surface area (Å²) in [4.78, 5) is 2.05. The molecule has 0 unspecified atom stereocenters. The molecule has 2 nitrogen and oxygen atoms in total. The maximum absolute atomic E-state index is 5.46. The fourth-order valence-electron chi connectivity index (χ4n) is 1.96. The molecule has 0 fully saturated rings. The molecule has 0 amide bonds. The number of anilines is 1. The predicted molar refractivity (Wildman–Crippen MR) is 90.0 cm³/mol. The van der Waals surface area contributed by atoms with Gasteiger partial charge in [-0.25, -0.2) is 0 Å². The molecule has 1 N–H and O–H groups in total. The van der Waals surface area contributed by atoms with Crippen molar-refractivity contribution in [3.8, 4) is 0 Å². The summed E-state index contributed by atoms with van der Waals surface area (Å²) in [5.74, 6) is 0. The van der Waals surface area contributed by atoms with Crippen LogP contribution in [0.2, 0.25) is 0 Å². The van der Waals surface area contributed by atoms with Crippen LogP contribution in [0.15, 0.2) is 48.5 Å². The lowest BCUT2D eigenvalue weighted by atomic mass is 10.1. The predicted octanol–water partition coefficient (Wildman–Crippen LogP) is 4.13. The number of nitrogens with zero attached hydrogens (tertiary/aromatic N) is 1. The van der Waals surface area contributed by atoms with Crippen LogP contribution in [-0.2, 0) is 6.54 Å². The minimum atomic E-state index is 0.736. The van der Waals surface area contributed by atoms with Crippen molar-refractivity contribution in [1.82, 2.24) is 4.90 Å². The molecule has 0 aliphatic carbocycles. The van der Waals surface area contributed by atoms with E-state index in [2.05, 4.69) is 49.5 Å². The third kappa shape index (κ3) is 3.81. The fraction of sp³-hybridized carbons (Fsp3) is 0.235. The van der Waals surface area contributed by atoms with Gasteiger partial charge in [-0.1, -0.05) is 48.0 Å². The van der Waals surface area contributed by atoms with E-state index in [0.29, 0.717) is 0 Å². The SMILES string of the molecule is Cc1ccc(CN(C)C(=S)Nc2ccccc2C)cc1. The maximum Gasteiger partial charge on any atom is 0.173 e. The Morgan fingerprint density at radius 1 is 1.05 bits per heavy atom. The molecule has 2 rings (SSSR count). The summed E-state index contributed by atoms with van der Waals surface area (Å²) in [7, 11) is 2.01. The Kier molecular flexibility index (Phi) is 4.74. The van der Waals surface area contributed by atoms with E-state index in [0.717, 1.165) is 17.3 Å². The molecule has 0 bridgehead atoms. The molecule has 0 aromatic heterocycles. The van der Waals surface area contributed by atoms with E-state index >= 15 is 0 Å². The molecule has 20 heavy (non-hydrogen) atoms. The zero-order valence-corrected chi connectivity index (χ0v) is 13.0. The molecule has 2 aromatic rings. The zero-order chi connectivity index (χ0) is 14.5. The third-order valence-electron chi connectivity index (χ3n) is 3.27. The van der Waals surface area contributed by atoms with Crippen LogP contribution < -0.4 is 5.32 Å². The number of hydrogen-bond donors (Lipinski definition) is 1. The number of thiocarbonyl (C=S) groups is 1. The van der Waals surface area contributed by atoms with Crippen LogP contribution in [0.1, 0.15) is 16.7 Å². The van der Waals surface area contributed by atoms with Gasteiger partial charge in [0.15, 0.2) is 5.11 Å². The van der Waals surface area contributed by atoms with Gasteiger partial charge >= 0.3 is 0 Å². The Hall–Kier alpha value is -1.87. The molecule has 0 heterocycles. The third-order valence-corrected chi connectivity index (χ3v) is 3.69. The van der Waals surface area contributed by atoms with Gasteiger partial charge in [-0.2, -0.15) is 0 Å². The van der Waals surface area contributed by atoms with Crippen molar-refractivity contribution in [3.63, 3.8) is 0 Å². The first-order chi connectivity index (χ1) is 9.56. The molecule has 104 valence electrons. The molecular formula is C17H20N2S. The Morgan fingerprint density at radius 3 is 2.35 bits per heavy atom. The van der Waals surface area contributed by atoms with Crippen LogP contribution in [0, 0.1) is 13.8 Å². The molecular weight excluding hydrogens is 264 g/mol. The first kappa shape index (κ1) is 14.5. The molecule has 0 aliphatic rings. The summed E-state index contributed by atoms with van der Waals surface area (Å²) in [5, 5.41) is 4.03. The van der Waals surface area contributed by atoms with Gasteiger partial charge in [-0.3, -0.25) is 0 Å². The molecule has 0 radical (unpaired) electrons. The maximum atomic E-state index is 5.46. The minimum absolute atomic E-state index is 0.736. The highest BCUT2D eigenvalue weighted by molar-refractivity contribution is 7.80. The fourth-order valence-corrected chi connectivity index (χ4v) is 2.14. The minimum Gasteiger partial charge on any atom is -0.348 e. The summed E-state index contributed by atoms with van der Waals surface area (Å²) < 4.78 is 0. The average molecular weight is 284 g/mol. The lowest BCUT2D eigenvalue weighted by Crippen LogP contribution is -2.30. The lowest BCUT2D eigenvalue weighted by molar-refractivity contribution is 0.508. The number of nitrogens with one attached hydrogen (secondary N) is 1. The van der Waals surface area contributed by atoms with E-state index in [9.17, 15) is 0 Å². The number of aryl methyl sites for hydroxylation is 2. The summed E-state index contributed by atoms with van der Waals surface area (Å²) in [6.45, 7) is 4.97. The van der Waals surface area contributed by atoms with E-state index in [1.807, 2.05) is 30.1 Å². The molecule has 0 atom stereocenters. The van der Waals surface area contributed by atoms with Crippen LogP contribution in [0.5, 0.6) is 0 Å². The molecule has 0 spiro atoms. The van der Waals surface area contributed by atoms with E-state index in [1.54, 1.807) is 0 Å². The molecule has 0 saturated carbocycles. The number of hydrogen-bond acceptors (Lipinski definition) is 1. The Morgan fingerprint density at radius 2 is 1.70 bits per heavy atom. The van der Waals surface area contributed by atoms with Gasteiger partial charge in [0.2, 0.25) is 0 Å². The Balaban J connectivity index is 1.99. The van der Waals surface area contributed by atoms with E-state index in [4.69, 9.17) is 12.2 Å². The summed E-state index contributed by atoms with van der Waals surface area (Å²) in [6, 6.07) is 16.7. The molecule has 0 aliphatic heterocycles. The zero-order valence-electron chi connectivity index (χ0n) is 12.2.